The number of aromatic nitrogens is 2. The molecule has 0 bridgehead atoms. The van der Waals surface area contributed by atoms with E-state index in [1.54, 1.807) is 6.08 Å². The molecule has 0 aliphatic carbocycles. The zero-order chi connectivity index (χ0) is 13.2. The van der Waals surface area contributed by atoms with Crippen LogP contribution in [0.1, 0.15) is 11.4 Å². The monoisotopic (exact) mass is 314 g/mol. The Labute approximate surface area is 118 Å². The van der Waals surface area contributed by atoms with Gasteiger partial charge < -0.3 is 10.1 Å². The number of halogens is 1. The molecule has 0 saturated heterocycles. The molecule has 94 valence electrons. The van der Waals surface area contributed by atoms with Crippen LogP contribution in [0.15, 0.2) is 53.0 Å². The lowest BCUT2D eigenvalue weighted by atomic mass is 10.2. The van der Waals surface area contributed by atoms with E-state index in [1.165, 1.54) is 0 Å². The maximum atomic E-state index is 10.1. The molecule has 19 heavy (non-hydrogen) atoms. The molecule has 0 amide bonds. The summed E-state index contributed by atoms with van der Waals surface area (Å²) in [5.74, 6) is 0.827. The number of imidazole rings is 1. The number of hydrogen-bond acceptors (Lipinski definition) is 2. The summed E-state index contributed by atoms with van der Waals surface area (Å²) in [5, 5.41) is 10.1. The van der Waals surface area contributed by atoms with Crippen LogP contribution in [0, 0.1) is 0 Å². The lowest BCUT2D eigenvalue weighted by molar-refractivity contribution is 0.515. The van der Waals surface area contributed by atoms with Crippen LogP contribution in [0.25, 0.3) is 22.9 Å². The Morgan fingerprint density at radius 1 is 1.11 bits per heavy atom. The first-order chi connectivity index (χ1) is 9.22. The number of benzene rings is 2. The predicted octanol–water partition coefficient (Wildman–Crippen LogP) is 4.38. The van der Waals surface area contributed by atoms with E-state index >= 15 is 0 Å². The van der Waals surface area contributed by atoms with Gasteiger partial charge in [0.05, 0.1) is 11.0 Å². The van der Waals surface area contributed by atoms with E-state index in [0.29, 0.717) is 5.82 Å². The lowest BCUT2D eigenvalue weighted by Gasteiger charge is -1.99. The summed E-state index contributed by atoms with van der Waals surface area (Å²) in [4.78, 5) is 7.55. The molecule has 2 aromatic carbocycles. The number of hydrogen-bond donors (Lipinski definition) is 2. The highest BCUT2D eigenvalue weighted by Crippen LogP contribution is 2.19. The first-order valence-corrected chi connectivity index (χ1v) is 6.63. The van der Waals surface area contributed by atoms with E-state index in [4.69, 9.17) is 0 Å². The third-order valence-corrected chi connectivity index (χ3v) is 3.35. The minimum absolute atomic E-state index is 0.187. The van der Waals surface area contributed by atoms with Crippen molar-refractivity contribution in [2.24, 2.45) is 0 Å². The molecule has 0 atom stereocenters. The molecule has 0 aliphatic heterocycles. The number of H-pyrrole nitrogens is 1. The van der Waals surface area contributed by atoms with Gasteiger partial charge in [0, 0.05) is 16.1 Å². The van der Waals surface area contributed by atoms with Gasteiger partial charge >= 0.3 is 0 Å². The molecule has 3 rings (SSSR count). The van der Waals surface area contributed by atoms with Crippen molar-refractivity contribution in [1.29, 1.82) is 0 Å². The number of para-hydroxylation sites is 2. The molecule has 0 saturated carbocycles. The molecule has 4 heteroatoms. The number of fused-ring (bicyclic) bond motifs is 1. The number of aliphatic hydroxyl groups excluding tert-OH is 1. The molecule has 3 nitrogen and oxygen atoms in total. The van der Waals surface area contributed by atoms with Crippen LogP contribution in [0.5, 0.6) is 0 Å². The fourth-order valence-electron chi connectivity index (χ4n) is 1.87. The predicted molar refractivity (Wildman–Crippen MR) is 80.7 cm³/mol. The summed E-state index contributed by atoms with van der Waals surface area (Å²) in [5.41, 5.74) is 2.60. The van der Waals surface area contributed by atoms with Crippen molar-refractivity contribution in [3.63, 3.8) is 0 Å². The number of aliphatic hydroxyl groups is 1. The van der Waals surface area contributed by atoms with Gasteiger partial charge in [-0.05, 0) is 24.3 Å². The average Bonchev–Trinajstić information content (AvgIpc) is 2.81. The third kappa shape index (κ3) is 2.53. The highest BCUT2D eigenvalue weighted by molar-refractivity contribution is 9.10. The standard InChI is InChI=1S/C15H11BrN2O/c16-11-7-5-10(6-8-11)14(19)9-15-17-12-3-1-2-4-13(12)18-15/h1-9,19H,(H,17,18)/b14-9-. The van der Waals surface area contributed by atoms with Crippen LogP contribution in [-0.2, 0) is 0 Å². The highest BCUT2D eigenvalue weighted by Gasteiger charge is 2.03. The SMILES string of the molecule is O/C(=C\c1nc2ccccc2[nH]1)c1ccc(Br)cc1. The second kappa shape index (κ2) is 4.90. The third-order valence-electron chi connectivity index (χ3n) is 2.82. The van der Waals surface area contributed by atoms with Crippen LogP contribution in [0.3, 0.4) is 0 Å². The maximum absolute atomic E-state index is 10.1. The smallest absolute Gasteiger partial charge is 0.134 e. The van der Waals surface area contributed by atoms with Crippen molar-refractivity contribution in [2.75, 3.05) is 0 Å². The van der Waals surface area contributed by atoms with Crippen LogP contribution < -0.4 is 0 Å². The molecule has 0 radical (unpaired) electrons. The lowest BCUT2D eigenvalue weighted by Crippen LogP contribution is -1.84. The number of rotatable bonds is 2. The van der Waals surface area contributed by atoms with Gasteiger partial charge in [-0.15, -0.1) is 0 Å². The Bertz CT molecular complexity index is 711. The van der Waals surface area contributed by atoms with Crippen LogP contribution in [0.2, 0.25) is 0 Å². The molecule has 2 N–H and O–H groups in total. The molecule has 0 aliphatic rings. The quantitative estimate of drug-likeness (QED) is 0.689. The molecule has 0 fully saturated rings. The summed E-state index contributed by atoms with van der Waals surface area (Å²) >= 11 is 3.37. The number of nitrogens with one attached hydrogen (secondary N) is 1. The molecule has 3 aromatic rings. The van der Waals surface area contributed by atoms with Crippen LogP contribution in [-0.4, -0.2) is 15.1 Å². The molecule has 1 aromatic heterocycles. The minimum Gasteiger partial charge on any atom is -0.507 e. The van der Waals surface area contributed by atoms with Crippen molar-refractivity contribution in [3.05, 3.63) is 64.4 Å². The van der Waals surface area contributed by atoms with Gasteiger partial charge in [0.2, 0.25) is 0 Å². The van der Waals surface area contributed by atoms with Gasteiger partial charge in [-0.25, -0.2) is 4.98 Å². The van der Waals surface area contributed by atoms with Crippen molar-refractivity contribution < 1.29 is 5.11 Å². The van der Waals surface area contributed by atoms with Crippen LogP contribution >= 0.6 is 15.9 Å². The number of aromatic amines is 1. The Hall–Kier alpha value is -2.07. The Kier molecular flexibility index (Phi) is 3.09. The van der Waals surface area contributed by atoms with Crippen molar-refractivity contribution >= 4 is 38.8 Å². The van der Waals surface area contributed by atoms with E-state index in [2.05, 4.69) is 25.9 Å². The van der Waals surface area contributed by atoms with E-state index < -0.39 is 0 Å². The molecule has 0 spiro atoms. The number of nitrogens with zero attached hydrogens (tertiary/aromatic N) is 1. The second-order valence-electron chi connectivity index (χ2n) is 4.18. The van der Waals surface area contributed by atoms with E-state index in [-0.39, 0.29) is 5.76 Å². The van der Waals surface area contributed by atoms with Crippen molar-refractivity contribution in [2.45, 2.75) is 0 Å². The van der Waals surface area contributed by atoms with Gasteiger partial charge in [-0.3, -0.25) is 0 Å². The maximum Gasteiger partial charge on any atom is 0.134 e. The highest BCUT2D eigenvalue weighted by atomic mass is 79.9. The summed E-state index contributed by atoms with van der Waals surface area (Å²) < 4.78 is 0.979. The Balaban J connectivity index is 1.97. The van der Waals surface area contributed by atoms with Crippen molar-refractivity contribution in [3.8, 4) is 0 Å². The Morgan fingerprint density at radius 3 is 2.58 bits per heavy atom. The van der Waals surface area contributed by atoms with Gasteiger partial charge in [0.1, 0.15) is 11.6 Å². The minimum atomic E-state index is 0.187. The molecule has 0 unspecified atom stereocenters. The molecular formula is C15H11BrN2O. The summed E-state index contributed by atoms with van der Waals surface area (Å²) in [6.07, 6.45) is 1.63. The largest absolute Gasteiger partial charge is 0.507 e. The summed E-state index contributed by atoms with van der Waals surface area (Å²) in [6.45, 7) is 0. The van der Waals surface area contributed by atoms with Gasteiger partial charge in [-0.2, -0.15) is 0 Å². The second-order valence-corrected chi connectivity index (χ2v) is 5.09. The van der Waals surface area contributed by atoms with Gasteiger partial charge in [0.15, 0.2) is 0 Å². The van der Waals surface area contributed by atoms with Gasteiger partial charge in [-0.1, -0.05) is 40.2 Å². The van der Waals surface area contributed by atoms with E-state index in [1.807, 2.05) is 48.5 Å². The fraction of sp³-hybridized carbons (Fsp3) is 0. The van der Waals surface area contributed by atoms with Crippen LogP contribution in [0.4, 0.5) is 0 Å². The van der Waals surface area contributed by atoms with E-state index in [0.717, 1.165) is 21.1 Å². The molecular weight excluding hydrogens is 304 g/mol. The van der Waals surface area contributed by atoms with Gasteiger partial charge in [0.25, 0.3) is 0 Å². The fourth-order valence-corrected chi connectivity index (χ4v) is 2.14. The first kappa shape index (κ1) is 12.0. The van der Waals surface area contributed by atoms with E-state index in [9.17, 15) is 5.11 Å². The topological polar surface area (TPSA) is 48.9 Å². The summed E-state index contributed by atoms with van der Waals surface area (Å²) in [7, 11) is 0. The zero-order valence-corrected chi connectivity index (χ0v) is 11.6. The summed E-state index contributed by atoms with van der Waals surface area (Å²) in [6, 6.07) is 15.2. The normalized spacial score (nSPS) is 11.9. The first-order valence-electron chi connectivity index (χ1n) is 5.84. The Morgan fingerprint density at radius 2 is 1.84 bits per heavy atom. The van der Waals surface area contributed by atoms with Crippen molar-refractivity contribution in [1.82, 2.24) is 9.97 Å². The zero-order valence-electron chi connectivity index (χ0n) is 9.97. The average molecular weight is 315 g/mol. The molecule has 1 heterocycles.